The van der Waals surface area contributed by atoms with Crippen LogP contribution in [0, 0.1) is 20.2 Å². The summed E-state index contributed by atoms with van der Waals surface area (Å²) in [6.07, 6.45) is 2.64. The third-order valence-corrected chi connectivity index (χ3v) is 3.96. The minimum absolute atomic E-state index is 0.0214. The van der Waals surface area contributed by atoms with Gasteiger partial charge in [-0.05, 0) is 17.7 Å². The average Bonchev–Trinajstić information content (AvgIpc) is 3.18. The normalized spacial score (nSPS) is 10.8. The van der Waals surface area contributed by atoms with Gasteiger partial charge in [0.05, 0.1) is 22.6 Å². The third kappa shape index (κ3) is 4.81. The number of carbonyl (C=O) groups is 1. The van der Waals surface area contributed by atoms with Gasteiger partial charge in [0.1, 0.15) is 5.75 Å². The number of carbonyl (C=O) groups excluding carboxylic acids is 1. The second-order valence-corrected chi connectivity index (χ2v) is 6.02. The van der Waals surface area contributed by atoms with Gasteiger partial charge < -0.3 is 5.11 Å². The number of nitrogens with one attached hydrogen (secondary N) is 1. The van der Waals surface area contributed by atoms with Crippen molar-refractivity contribution in [1.29, 1.82) is 0 Å². The van der Waals surface area contributed by atoms with E-state index in [9.17, 15) is 30.1 Å². The molecule has 0 unspecified atom stereocenters. The number of aromatic hydroxyl groups is 1. The number of hydrogen-bond acceptors (Lipinski definition) is 8. The predicted octanol–water partition coefficient (Wildman–Crippen LogP) is 2.22. The highest BCUT2D eigenvalue weighted by molar-refractivity contribution is 5.93. The summed E-state index contributed by atoms with van der Waals surface area (Å²) < 4.78 is 1.48. The van der Waals surface area contributed by atoms with Crippen molar-refractivity contribution in [2.24, 2.45) is 5.10 Å². The van der Waals surface area contributed by atoms with Gasteiger partial charge in [-0.25, -0.2) is 5.43 Å². The summed E-state index contributed by atoms with van der Waals surface area (Å²) >= 11 is 0. The topological polar surface area (TPSA) is 166 Å². The average molecular weight is 410 g/mol. The van der Waals surface area contributed by atoms with Crippen LogP contribution < -0.4 is 5.43 Å². The molecule has 0 radical (unpaired) electrons. The van der Waals surface area contributed by atoms with Crippen molar-refractivity contribution in [2.75, 3.05) is 0 Å². The largest absolute Gasteiger partial charge is 0.507 e. The monoisotopic (exact) mass is 410 g/mol. The summed E-state index contributed by atoms with van der Waals surface area (Å²) in [5.41, 5.74) is 2.86. The Morgan fingerprint density at radius 3 is 2.43 bits per heavy atom. The fraction of sp³-hybridized carbons (Fsp3) is 0.0556. The molecule has 0 fully saturated rings. The molecule has 0 spiro atoms. The number of phenolic OH excluding ortho intramolecular Hbond substituents is 1. The predicted molar refractivity (Wildman–Crippen MR) is 104 cm³/mol. The highest BCUT2D eigenvalue weighted by Gasteiger charge is 2.11. The zero-order chi connectivity index (χ0) is 21.7. The van der Waals surface area contributed by atoms with E-state index in [4.69, 9.17) is 0 Å². The van der Waals surface area contributed by atoms with E-state index in [0.29, 0.717) is 6.54 Å². The van der Waals surface area contributed by atoms with E-state index in [-0.39, 0.29) is 28.4 Å². The lowest BCUT2D eigenvalue weighted by atomic mass is 10.2. The number of rotatable bonds is 7. The molecular formula is C18H14N6O6. The van der Waals surface area contributed by atoms with Crippen molar-refractivity contribution in [2.45, 2.75) is 6.54 Å². The number of amides is 1. The molecule has 0 aliphatic rings. The molecule has 1 aromatic heterocycles. The Hall–Kier alpha value is -4.61. The molecule has 3 aromatic rings. The van der Waals surface area contributed by atoms with Crippen LogP contribution in [0.25, 0.3) is 0 Å². The van der Waals surface area contributed by atoms with Crippen LogP contribution in [0.1, 0.15) is 21.6 Å². The Morgan fingerprint density at radius 2 is 1.77 bits per heavy atom. The zero-order valence-electron chi connectivity index (χ0n) is 15.2. The molecule has 12 heteroatoms. The minimum Gasteiger partial charge on any atom is -0.507 e. The number of aromatic nitrogens is 2. The number of hydrogen-bond donors (Lipinski definition) is 2. The van der Waals surface area contributed by atoms with Gasteiger partial charge in [-0.1, -0.05) is 12.1 Å². The Labute approximate surface area is 168 Å². The Kier molecular flexibility index (Phi) is 5.77. The first-order valence-corrected chi connectivity index (χ1v) is 8.41. The van der Waals surface area contributed by atoms with E-state index in [1.165, 1.54) is 22.9 Å². The van der Waals surface area contributed by atoms with E-state index in [1.807, 2.05) is 0 Å². The van der Waals surface area contributed by atoms with Gasteiger partial charge in [0.15, 0.2) is 5.69 Å². The summed E-state index contributed by atoms with van der Waals surface area (Å²) in [5.74, 6) is -0.857. The van der Waals surface area contributed by atoms with E-state index in [2.05, 4.69) is 15.6 Å². The maximum atomic E-state index is 12.1. The zero-order valence-corrected chi connectivity index (χ0v) is 15.2. The molecule has 12 nitrogen and oxygen atoms in total. The third-order valence-electron chi connectivity index (χ3n) is 3.96. The maximum absolute atomic E-state index is 12.1. The Bertz CT molecular complexity index is 1140. The second-order valence-electron chi connectivity index (χ2n) is 6.02. The molecule has 1 heterocycles. The van der Waals surface area contributed by atoms with Crippen molar-refractivity contribution in [3.05, 3.63) is 91.8 Å². The summed E-state index contributed by atoms with van der Waals surface area (Å²) in [7, 11) is 0. The Morgan fingerprint density at radius 1 is 1.10 bits per heavy atom. The van der Waals surface area contributed by atoms with Gasteiger partial charge in [0.25, 0.3) is 17.3 Å². The molecule has 0 atom stereocenters. The number of hydrazone groups is 1. The van der Waals surface area contributed by atoms with Crippen molar-refractivity contribution >= 4 is 23.5 Å². The number of non-ortho nitro benzene ring substituents is 2. The molecule has 0 saturated carbocycles. The Balaban J connectivity index is 1.62. The van der Waals surface area contributed by atoms with Gasteiger partial charge in [-0.3, -0.25) is 29.7 Å². The summed E-state index contributed by atoms with van der Waals surface area (Å²) in [6.45, 7) is 0.302. The maximum Gasteiger partial charge on any atom is 0.291 e. The molecule has 0 saturated heterocycles. The molecule has 2 N–H and O–H groups in total. The smallest absolute Gasteiger partial charge is 0.291 e. The van der Waals surface area contributed by atoms with Gasteiger partial charge in [0.2, 0.25) is 0 Å². The lowest BCUT2D eigenvalue weighted by Gasteiger charge is -2.02. The quantitative estimate of drug-likeness (QED) is 0.342. The van der Waals surface area contributed by atoms with Crippen LogP contribution in [0.5, 0.6) is 5.75 Å². The second kappa shape index (κ2) is 8.60. The number of nitro benzene ring substituents is 2. The molecule has 0 aliphatic carbocycles. The molecule has 0 aliphatic heterocycles. The van der Waals surface area contributed by atoms with Gasteiger partial charge in [-0.15, -0.1) is 0 Å². The van der Waals surface area contributed by atoms with Crippen LogP contribution in [0.15, 0.2) is 59.8 Å². The number of phenols is 1. The summed E-state index contributed by atoms with van der Waals surface area (Å²) in [6, 6.07) is 10.8. The van der Waals surface area contributed by atoms with Crippen LogP contribution in [-0.2, 0) is 6.54 Å². The van der Waals surface area contributed by atoms with E-state index in [0.717, 1.165) is 30.0 Å². The van der Waals surface area contributed by atoms with Crippen molar-refractivity contribution in [1.82, 2.24) is 15.2 Å². The fourth-order valence-corrected chi connectivity index (χ4v) is 2.46. The van der Waals surface area contributed by atoms with Gasteiger partial charge in [0, 0.05) is 36.0 Å². The van der Waals surface area contributed by atoms with Crippen LogP contribution >= 0.6 is 0 Å². The number of nitrogens with zero attached hydrogens (tertiary/aromatic N) is 5. The molecule has 1 amide bonds. The van der Waals surface area contributed by atoms with Crippen molar-refractivity contribution in [3.63, 3.8) is 0 Å². The van der Waals surface area contributed by atoms with Crippen LogP contribution in [-0.4, -0.2) is 36.9 Å². The lowest BCUT2D eigenvalue weighted by Crippen LogP contribution is -2.18. The van der Waals surface area contributed by atoms with Crippen molar-refractivity contribution in [3.8, 4) is 5.75 Å². The summed E-state index contributed by atoms with van der Waals surface area (Å²) in [5, 5.41) is 39.0. The number of nitro groups is 2. The molecule has 152 valence electrons. The standard InChI is InChI=1S/C18H14N6O6/c25-17-6-5-15(24(29)30)9-13(17)10-19-20-18(26)16-7-8-22(21-16)11-12-1-3-14(4-2-12)23(27)28/h1-10,25H,11H2,(H,20,26). The molecule has 30 heavy (non-hydrogen) atoms. The highest BCUT2D eigenvalue weighted by Crippen LogP contribution is 2.21. The van der Waals surface area contributed by atoms with E-state index < -0.39 is 15.8 Å². The van der Waals surface area contributed by atoms with E-state index in [1.54, 1.807) is 18.3 Å². The molecule has 3 rings (SSSR count). The minimum atomic E-state index is -0.626. The van der Waals surface area contributed by atoms with Gasteiger partial charge >= 0.3 is 0 Å². The molecular weight excluding hydrogens is 396 g/mol. The number of benzene rings is 2. The lowest BCUT2D eigenvalue weighted by molar-refractivity contribution is -0.385. The molecule has 0 bridgehead atoms. The molecule has 2 aromatic carbocycles. The SMILES string of the molecule is O=C(NN=Cc1cc([N+](=O)[O-])ccc1O)c1ccn(Cc2ccc([N+](=O)[O-])cc2)n1. The first-order chi connectivity index (χ1) is 14.3. The van der Waals surface area contributed by atoms with Crippen LogP contribution in [0.4, 0.5) is 11.4 Å². The highest BCUT2D eigenvalue weighted by atomic mass is 16.6. The first kappa shape index (κ1) is 20.1. The van der Waals surface area contributed by atoms with Crippen molar-refractivity contribution < 1.29 is 19.7 Å². The van der Waals surface area contributed by atoms with Gasteiger partial charge in [-0.2, -0.15) is 10.2 Å². The van der Waals surface area contributed by atoms with Crippen LogP contribution in [0.3, 0.4) is 0 Å². The van der Waals surface area contributed by atoms with Crippen LogP contribution in [0.2, 0.25) is 0 Å². The summed E-state index contributed by atoms with van der Waals surface area (Å²) in [4.78, 5) is 32.5. The van der Waals surface area contributed by atoms with E-state index >= 15 is 0 Å². The fourth-order valence-electron chi connectivity index (χ4n) is 2.46. The first-order valence-electron chi connectivity index (χ1n) is 8.41.